The summed E-state index contributed by atoms with van der Waals surface area (Å²) in [6, 6.07) is 10.6. The second-order valence-corrected chi connectivity index (χ2v) is 8.89. The number of halogens is 3. The van der Waals surface area contributed by atoms with Gasteiger partial charge in [0.2, 0.25) is 11.8 Å². The first-order chi connectivity index (χ1) is 14.8. The van der Waals surface area contributed by atoms with Gasteiger partial charge in [0.1, 0.15) is 11.9 Å². The van der Waals surface area contributed by atoms with Gasteiger partial charge in [0.25, 0.3) is 0 Å². The molecule has 1 aliphatic rings. The monoisotopic (exact) mass is 464 g/mol. The summed E-state index contributed by atoms with van der Waals surface area (Å²) in [6.07, 6.45) is 5.13. The van der Waals surface area contributed by atoms with Crippen LogP contribution in [0.15, 0.2) is 42.5 Å². The summed E-state index contributed by atoms with van der Waals surface area (Å²) in [5.74, 6) is -0.999. The maximum atomic E-state index is 14.1. The minimum absolute atomic E-state index is 0.128. The van der Waals surface area contributed by atoms with Crippen LogP contribution in [0.1, 0.15) is 50.2 Å². The van der Waals surface area contributed by atoms with Gasteiger partial charge in [-0.15, -0.1) is 0 Å². The molecule has 1 saturated carbocycles. The number of carbonyl (C=O) groups excluding carboxylic acids is 2. The number of nitrogens with one attached hydrogen (secondary N) is 1. The SMILES string of the molecule is CC(C(=O)NC1CCCCC1)N(Cc1ccc(Cl)cc1Cl)C(=O)Cc1ccccc1F. The third kappa shape index (κ3) is 6.44. The average Bonchev–Trinajstić information content (AvgIpc) is 2.75. The van der Waals surface area contributed by atoms with E-state index in [-0.39, 0.29) is 30.8 Å². The summed E-state index contributed by atoms with van der Waals surface area (Å²) in [5.41, 5.74) is 0.963. The Balaban J connectivity index is 1.80. The molecule has 1 aliphatic carbocycles. The number of amides is 2. The lowest BCUT2D eigenvalue weighted by Gasteiger charge is -2.31. The van der Waals surface area contributed by atoms with Crippen LogP contribution in [0.25, 0.3) is 0 Å². The molecule has 3 rings (SSSR count). The van der Waals surface area contributed by atoms with E-state index in [0.29, 0.717) is 21.2 Å². The van der Waals surface area contributed by atoms with Gasteiger partial charge in [-0.3, -0.25) is 9.59 Å². The Morgan fingerprint density at radius 2 is 1.81 bits per heavy atom. The van der Waals surface area contributed by atoms with Crippen molar-refractivity contribution in [2.75, 3.05) is 0 Å². The van der Waals surface area contributed by atoms with Crippen molar-refractivity contribution in [3.8, 4) is 0 Å². The van der Waals surface area contributed by atoms with E-state index in [9.17, 15) is 14.0 Å². The van der Waals surface area contributed by atoms with E-state index in [0.717, 1.165) is 25.7 Å². The highest BCUT2D eigenvalue weighted by Gasteiger charge is 2.29. The molecule has 0 bridgehead atoms. The van der Waals surface area contributed by atoms with Crippen molar-refractivity contribution in [3.63, 3.8) is 0 Å². The van der Waals surface area contributed by atoms with Gasteiger partial charge in [-0.05, 0) is 49.1 Å². The summed E-state index contributed by atoms with van der Waals surface area (Å²) >= 11 is 12.3. The lowest BCUT2D eigenvalue weighted by molar-refractivity contribution is -0.140. The molecule has 1 N–H and O–H groups in total. The molecule has 2 aromatic rings. The van der Waals surface area contributed by atoms with Crippen LogP contribution in [0, 0.1) is 5.82 Å². The first kappa shape index (κ1) is 23.6. The van der Waals surface area contributed by atoms with E-state index in [2.05, 4.69) is 5.32 Å². The van der Waals surface area contributed by atoms with Crippen LogP contribution in [0.3, 0.4) is 0 Å². The highest BCUT2D eigenvalue weighted by atomic mass is 35.5. The standard InChI is InChI=1S/C24H27Cl2FN2O2/c1-16(24(31)28-20-8-3-2-4-9-20)29(15-18-11-12-19(25)14-21(18)26)23(30)13-17-7-5-6-10-22(17)27/h5-7,10-12,14,16,20H,2-4,8-9,13,15H2,1H3,(H,28,31). The van der Waals surface area contributed by atoms with Crippen LogP contribution in [-0.2, 0) is 22.6 Å². The third-order valence-corrected chi connectivity index (χ3v) is 6.36. The maximum Gasteiger partial charge on any atom is 0.242 e. The zero-order chi connectivity index (χ0) is 22.4. The average molecular weight is 465 g/mol. The van der Waals surface area contributed by atoms with Crippen molar-refractivity contribution in [1.29, 1.82) is 0 Å². The van der Waals surface area contributed by atoms with Crippen LogP contribution in [0.4, 0.5) is 4.39 Å². The highest BCUT2D eigenvalue weighted by Crippen LogP contribution is 2.24. The number of nitrogens with zero attached hydrogens (tertiary/aromatic N) is 1. The molecule has 4 nitrogen and oxygen atoms in total. The van der Waals surface area contributed by atoms with Gasteiger partial charge in [0.15, 0.2) is 0 Å². The van der Waals surface area contributed by atoms with Crippen molar-refractivity contribution in [1.82, 2.24) is 10.2 Å². The Labute approximate surface area is 192 Å². The molecule has 31 heavy (non-hydrogen) atoms. The Morgan fingerprint density at radius 1 is 1.10 bits per heavy atom. The second-order valence-electron chi connectivity index (χ2n) is 8.05. The quantitative estimate of drug-likeness (QED) is 0.584. The molecule has 0 radical (unpaired) electrons. The molecule has 7 heteroatoms. The van der Waals surface area contributed by atoms with Gasteiger partial charge in [-0.1, -0.05) is 66.7 Å². The molecular weight excluding hydrogens is 438 g/mol. The normalized spacial score (nSPS) is 15.4. The number of rotatable bonds is 7. The lowest BCUT2D eigenvalue weighted by Crippen LogP contribution is -2.50. The molecule has 0 aliphatic heterocycles. The number of benzene rings is 2. The van der Waals surface area contributed by atoms with E-state index in [4.69, 9.17) is 23.2 Å². The molecule has 0 aromatic heterocycles. The Hall–Kier alpha value is -2.11. The van der Waals surface area contributed by atoms with Crippen molar-refractivity contribution in [3.05, 3.63) is 69.5 Å². The van der Waals surface area contributed by atoms with Gasteiger partial charge in [-0.2, -0.15) is 0 Å². The molecule has 166 valence electrons. The zero-order valence-electron chi connectivity index (χ0n) is 17.5. The molecule has 1 fully saturated rings. The summed E-state index contributed by atoms with van der Waals surface area (Å²) in [6.45, 7) is 1.82. The highest BCUT2D eigenvalue weighted by molar-refractivity contribution is 6.35. The van der Waals surface area contributed by atoms with Gasteiger partial charge in [0.05, 0.1) is 6.42 Å². The Bertz CT molecular complexity index is 932. The minimum atomic E-state index is -0.729. The fourth-order valence-electron chi connectivity index (χ4n) is 3.89. The molecule has 0 saturated heterocycles. The van der Waals surface area contributed by atoms with Gasteiger partial charge in [-0.25, -0.2) is 4.39 Å². The smallest absolute Gasteiger partial charge is 0.242 e. The summed E-state index contributed by atoms with van der Waals surface area (Å²) in [5, 5.41) is 3.98. The first-order valence-electron chi connectivity index (χ1n) is 10.6. The largest absolute Gasteiger partial charge is 0.352 e. The number of carbonyl (C=O) groups is 2. The Morgan fingerprint density at radius 3 is 2.48 bits per heavy atom. The molecule has 2 amide bonds. The van der Waals surface area contributed by atoms with Crippen molar-refractivity contribution in [2.24, 2.45) is 0 Å². The first-order valence-corrected chi connectivity index (χ1v) is 11.4. The predicted octanol–water partition coefficient (Wildman–Crippen LogP) is 5.54. The van der Waals surface area contributed by atoms with Crippen molar-refractivity contribution >= 4 is 35.0 Å². The van der Waals surface area contributed by atoms with Crippen LogP contribution < -0.4 is 5.32 Å². The second kappa shape index (κ2) is 11.0. The van der Waals surface area contributed by atoms with Crippen molar-refractivity contribution in [2.45, 2.75) is 64.1 Å². The maximum absolute atomic E-state index is 14.1. The fourth-order valence-corrected chi connectivity index (χ4v) is 4.36. The Kier molecular flexibility index (Phi) is 8.33. The van der Waals surface area contributed by atoms with Crippen LogP contribution in [0.5, 0.6) is 0 Å². The molecule has 2 aromatic carbocycles. The molecule has 0 heterocycles. The van der Waals surface area contributed by atoms with Crippen LogP contribution in [-0.4, -0.2) is 28.8 Å². The summed E-state index contributed by atoms with van der Waals surface area (Å²) in [7, 11) is 0. The summed E-state index contributed by atoms with van der Waals surface area (Å²) in [4.78, 5) is 27.6. The lowest BCUT2D eigenvalue weighted by atomic mass is 9.95. The molecular formula is C24H27Cl2FN2O2. The van der Waals surface area contributed by atoms with Gasteiger partial charge in [0, 0.05) is 22.6 Å². The third-order valence-electron chi connectivity index (χ3n) is 5.77. The van der Waals surface area contributed by atoms with E-state index in [1.165, 1.54) is 17.4 Å². The van der Waals surface area contributed by atoms with Crippen LogP contribution in [0.2, 0.25) is 10.0 Å². The molecule has 0 spiro atoms. The zero-order valence-corrected chi connectivity index (χ0v) is 19.1. The molecule has 1 atom stereocenters. The topological polar surface area (TPSA) is 49.4 Å². The molecule has 1 unspecified atom stereocenters. The predicted molar refractivity (Wildman–Crippen MR) is 122 cm³/mol. The van der Waals surface area contributed by atoms with E-state index in [1.54, 1.807) is 43.3 Å². The van der Waals surface area contributed by atoms with Gasteiger partial charge < -0.3 is 10.2 Å². The number of hydrogen-bond acceptors (Lipinski definition) is 2. The van der Waals surface area contributed by atoms with E-state index >= 15 is 0 Å². The number of hydrogen-bond donors (Lipinski definition) is 1. The van der Waals surface area contributed by atoms with Crippen molar-refractivity contribution < 1.29 is 14.0 Å². The van der Waals surface area contributed by atoms with E-state index in [1.807, 2.05) is 0 Å². The fraction of sp³-hybridized carbons (Fsp3) is 0.417. The van der Waals surface area contributed by atoms with E-state index < -0.39 is 11.9 Å². The van der Waals surface area contributed by atoms with Crippen LogP contribution >= 0.6 is 23.2 Å². The van der Waals surface area contributed by atoms with Gasteiger partial charge >= 0.3 is 0 Å². The summed E-state index contributed by atoms with van der Waals surface area (Å²) < 4.78 is 14.1. The minimum Gasteiger partial charge on any atom is -0.352 e.